The molecule has 3 N–H and O–H groups in total. The first kappa shape index (κ1) is 18.5. The fourth-order valence-corrected chi connectivity index (χ4v) is 3.75. The molecule has 1 saturated heterocycles. The first-order valence-corrected chi connectivity index (χ1v) is 8.65. The van der Waals surface area contributed by atoms with E-state index in [2.05, 4.69) is 16.0 Å². The van der Waals surface area contributed by atoms with E-state index < -0.39 is 41.1 Å². The Bertz CT molecular complexity index is 884. The lowest BCUT2D eigenvalue weighted by molar-refractivity contribution is -0.140. The molecule has 2 aliphatic heterocycles. The fraction of sp³-hybridized carbons (Fsp3) is 0.471. The monoisotopic (exact) mass is 400 g/mol. The van der Waals surface area contributed by atoms with Crippen molar-refractivity contribution in [1.29, 1.82) is 0 Å². The Balaban J connectivity index is 1.45. The van der Waals surface area contributed by atoms with Crippen LogP contribution in [-0.4, -0.2) is 35.0 Å². The Labute approximate surface area is 156 Å². The van der Waals surface area contributed by atoms with E-state index in [0.717, 1.165) is 18.9 Å². The van der Waals surface area contributed by atoms with Crippen LogP contribution >= 0.6 is 0 Å². The molecule has 7 nitrogen and oxygen atoms in total. The van der Waals surface area contributed by atoms with E-state index in [0.29, 0.717) is 11.6 Å². The van der Waals surface area contributed by atoms with Crippen LogP contribution < -0.4 is 16.0 Å². The van der Waals surface area contributed by atoms with Crippen LogP contribution in [0.2, 0.25) is 0 Å². The standard InChI is InChI=1S/C17H16F4N4O3/c18-12-4-9-6-25(5-8(9)3-11(12)17(19,20)21)15(28)22-7-16(10-1-2-10)13(26)23-14(27)24-16/h3-4,10H,1-2,5-7H2,(H,22,28)(H2,23,24,26,27)/t16-/m0/s1. The normalized spacial score (nSPS) is 24.1. The molecular weight excluding hydrogens is 384 g/mol. The van der Waals surface area contributed by atoms with Gasteiger partial charge in [-0.1, -0.05) is 0 Å². The van der Waals surface area contributed by atoms with Gasteiger partial charge in [0.15, 0.2) is 0 Å². The molecule has 1 saturated carbocycles. The van der Waals surface area contributed by atoms with Gasteiger partial charge in [0.2, 0.25) is 0 Å². The third kappa shape index (κ3) is 3.04. The fourth-order valence-electron chi connectivity index (χ4n) is 3.75. The summed E-state index contributed by atoms with van der Waals surface area (Å²) < 4.78 is 52.3. The van der Waals surface area contributed by atoms with Crippen LogP contribution in [0.5, 0.6) is 0 Å². The number of imide groups is 1. The van der Waals surface area contributed by atoms with Crippen molar-refractivity contribution in [3.63, 3.8) is 0 Å². The first-order valence-electron chi connectivity index (χ1n) is 8.65. The third-order valence-corrected chi connectivity index (χ3v) is 5.37. The predicted molar refractivity (Wildman–Crippen MR) is 86.2 cm³/mol. The van der Waals surface area contributed by atoms with E-state index in [9.17, 15) is 31.9 Å². The van der Waals surface area contributed by atoms with Crippen molar-refractivity contribution in [2.24, 2.45) is 5.92 Å². The van der Waals surface area contributed by atoms with Crippen LogP contribution in [-0.2, 0) is 24.1 Å². The van der Waals surface area contributed by atoms with Crippen LogP contribution in [0.1, 0.15) is 29.5 Å². The Morgan fingerprint density at radius 3 is 2.39 bits per heavy atom. The predicted octanol–water partition coefficient (Wildman–Crippen LogP) is 1.86. The summed E-state index contributed by atoms with van der Waals surface area (Å²) in [5.74, 6) is -1.98. The van der Waals surface area contributed by atoms with Crippen molar-refractivity contribution in [2.45, 2.75) is 37.6 Å². The molecule has 11 heteroatoms. The number of hydrogen-bond donors (Lipinski definition) is 3. The van der Waals surface area contributed by atoms with Gasteiger partial charge in [-0.25, -0.2) is 14.0 Å². The molecule has 0 bridgehead atoms. The number of alkyl halides is 3. The van der Waals surface area contributed by atoms with Crippen molar-refractivity contribution in [3.8, 4) is 0 Å². The van der Waals surface area contributed by atoms with E-state index >= 15 is 0 Å². The van der Waals surface area contributed by atoms with Gasteiger partial charge in [0, 0.05) is 13.1 Å². The molecule has 0 spiro atoms. The van der Waals surface area contributed by atoms with Gasteiger partial charge in [-0.15, -0.1) is 0 Å². The second-order valence-electron chi connectivity index (χ2n) is 7.27. The Hall–Kier alpha value is -2.85. The summed E-state index contributed by atoms with van der Waals surface area (Å²) in [5.41, 5.74) is -2.07. The lowest BCUT2D eigenvalue weighted by Crippen LogP contribution is -2.58. The largest absolute Gasteiger partial charge is 0.419 e. The van der Waals surface area contributed by atoms with Crippen LogP contribution in [0.4, 0.5) is 27.2 Å². The molecule has 0 radical (unpaired) electrons. The number of benzene rings is 1. The maximum atomic E-state index is 13.7. The minimum atomic E-state index is -4.82. The van der Waals surface area contributed by atoms with Crippen LogP contribution in [0.15, 0.2) is 12.1 Å². The molecular formula is C17H16F4N4O3. The third-order valence-electron chi connectivity index (χ3n) is 5.37. The number of nitrogens with zero attached hydrogens (tertiary/aromatic N) is 1. The SMILES string of the molecule is O=C1NC(=O)[C@](CNC(=O)N2Cc3cc(F)c(C(F)(F)F)cc3C2)(C2CC2)N1. The van der Waals surface area contributed by atoms with Gasteiger partial charge in [-0.05, 0) is 42.0 Å². The summed E-state index contributed by atoms with van der Waals surface area (Å²) in [6.45, 7) is -0.298. The summed E-state index contributed by atoms with van der Waals surface area (Å²) in [5, 5.41) is 7.30. The molecule has 1 aromatic carbocycles. The van der Waals surface area contributed by atoms with Crippen molar-refractivity contribution in [2.75, 3.05) is 6.54 Å². The lowest BCUT2D eigenvalue weighted by atomic mass is 9.93. The van der Waals surface area contributed by atoms with Crippen LogP contribution in [0.3, 0.4) is 0 Å². The molecule has 1 atom stereocenters. The van der Waals surface area contributed by atoms with E-state index in [4.69, 9.17) is 0 Å². The highest BCUT2D eigenvalue weighted by atomic mass is 19.4. The van der Waals surface area contributed by atoms with Gasteiger partial charge in [-0.3, -0.25) is 10.1 Å². The van der Waals surface area contributed by atoms with Crippen LogP contribution in [0, 0.1) is 11.7 Å². The van der Waals surface area contributed by atoms with E-state index in [1.165, 1.54) is 4.90 Å². The van der Waals surface area contributed by atoms with Crippen LogP contribution in [0.25, 0.3) is 0 Å². The highest BCUT2D eigenvalue weighted by molar-refractivity contribution is 6.07. The van der Waals surface area contributed by atoms with Crippen molar-refractivity contribution in [3.05, 3.63) is 34.6 Å². The van der Waals surface area contributed by atoms with E-state index in [1.54, 1.807) is 0 Å². The summed E-state index contributed by atoms with van der Waals surface area (Å²) in [7, 11) is 0. The zero-order valence-corrected chi connectivity index (χ0v) is 14.5. The molecule has 2 fully saturated rings. The number of amides is 5. The molecule has 1 aromatic rings. The minimum absolute atomic E-state index is 0.0504. The maximum absolute atomic E-state index is 13.7. The smallest absolute Gasteiger partial charge is 0.335 e. The number of halogens is 4. The highest BCUT2D eigenvalue weighted by Crippen LogP contribution is 2.41. The van der Waals surface area contributed by atoms with E-state index in [1.807, 2.05) is 0 Å². The van der Waals surface area contributed by atoms with Crippen molar-refractivity contribution >= 4 is 18.0 Å². The second-order valence-corrected chi connectivity index (χ2v) is 7.27. The van der Waals surface area contributed by atoms with Gasteiger partial charge in [0.25, 0.3) is 5.91 Å². The summed E-state index contributed by atoms with van der Waals surface area (Å²) in [6.07, 6.45) is -3.35. The number of nitrogens with one attached hydrogen (secondary N) is 3. The molecule has 150 valence electrons. The zero-order valence-electron chi connectivity index (χ0n) is 14.5. The summed E-state index contributed by atoms with van der Waals surface area (Å²) in [6, 6.07) is 0.268. The van der Waals surface area contributed by atoms with Gasteiger partial charge in [0.1, 0.15) is 11.4 Å². The topological polar surface area (TPSA) is 90.5 Å². The molecule has 1 aliphatic carbocycles. The number of carbonyl (C=O) groups excluding carboxylic acids is 3. The number of fused-ring (bicyclic) bond motifs is 1. The van der Waals surface area contributed by atoms with Gasteiger partial charge in [-0.2, -0.15) is 13.2 Å². The average Bonchev–Trinajstić information content (AvgIpc) is 3.30. The highest BCUT2D eigenvalue weighted by Gasteiger charge is 2.56. The van der Waals surface area contributed by atoms with E-state index in [-0.39, 0.29) is 31.1 Å². The maximum Gasteiger partial charge on any atom is 0.419 e. The molecule has 0 unspecified atom stereocenters. The molecule has 3 aliphatic rings. The lowest BCUT2D eigenvalue weighted by Gasteiger charge is -2.27. The molecule has 5 amide bonds. The van der Waals surface area contributed by atoms with Gasteiger partial charge >= 0.3 is 18.2 Å². The van der Waals surface area contributed by atoms with Crippen molar-refractivity contribution in [1.82, 2.24) is 20.9 Å². The molecule has 2 heterocycles. The molecule has 0 aromatic heterocycles. The number of rotatable bonds is 3. The number of carbonyl (C=O) groups is 3. The summed E-state index contributed by atoms with van der Waals surface area (Å²) >= 11 is 0. The summed E-state index contributed by atoms with van der Waals surface area (Å²) in [4.78, 5) is 37.4. The first-order chi connectivity index (χ1) is 13.1. The molecule has 4 rings (SSSR count). The average molecular weight is 400 g/mol. The number of urea groups is 2. The van der Waals surface area contributed by atoms with Gasteiger partial charge in [0.05, 0.1) is 12.1 Å². The Morgan fingerprint density at radius 2 is 1.86 bits per heavy atom. The Morgan fingerprint density at radius 1 is 1.21 bits per heavy atom. The quantitative estimate of drug-likeness (QED) is 0.534. The van der Waals surface area contributed by atoms with Crippen molar-refractivity contribution < 1.29 is 31.9 Å². The zero-order chi connectivity index (χ0) is 20.3. The minimum Gasteiger partial charge on any atom is -0.335 e. The second kappa shape index (κ2) is 6.08. The number of hydrogen-bond acceptors (Lipinski definition) is 3. The Kier molecular flexibility index (Phi) is 4.02. The van der Waals surface area contributed by atoms with Gasteiger partial charge < -0.3 is 15.5 Å². The molecule has 28 heavy (non-hydrogen) atoms.